The Balaban J connectivity index is 2.23. The van der Waals surface area contributed by atoms with E-state index in [1.807, 2.05) is 24.3 Å². The Morgan fingerprint density at radius 1 is 1.19 bits per heavy atom. The lowest BCUT2D eigenvalue weighted by Gasteiger charge is -2.10. The van der Waals surface area contributed by atoms with Crippen LogP contribution in [0.3, 0.4) is 0 Å². The standard InChI is InChI=1S/C16H17N3O2/c1-20-8-7-18-15-5-3-12(9-14(15)10-17)13-4-6-16(21-2)19-11-13/h3-6,9,11,18H,7-8H2,1-2H3. The number of pyridine rings is 1. The van der Waals surface area contributed by atoms with Gasteiger partial charge in [0.2, 0.25) is 5.88 Å². The lowest BCUT2D eigenvalue weighted by atomic mass is 10.0. The average Bonchev–Trinajstić information content (AvgIpc) is 2.55. The number of nitrogens with one attached hydrogen (secondary N) is 1. The summed E-state index contributed by atoms with van der Waals surface area (Å²) in [6.45, 7) is 1.25. The molecular formula is C16H17N3O2. The largest absolute Gasteiger partial charge is 0.481 e. The van der Waals surface area contributed by atoms with Gasteiger partial charge < -0.3 is 14.8 Å². The first-order valence-electron chi connectivity index (χ1n) is 6.56. The zero-order valence-electron chi connectivity index (χ0n) is 12.1. The highest BCUT2D eigenvalue weighted by Gasteiger charge is 2.05. The molecule has 0 saturated carbocycles. The van der Waals surface area contributed by atoms with E-state index in [1.165, 1.54) is 0 Å². The average molecular weight is 283 g/mol. The number of rotatable bonds is 6. The summed E-state index contributed by atoms with van der Waals surface area (Å²) in [6.07, 6.45) is 1.73. The molecule has 1 aromatic heterocycles. The van der Waals surface area contributed by atoms with Gasteiger partial charge in [-0.15, -0.1) is 0 Å². The molecule has 0 aliphatic carbocycles. The number of ether oxygens (including phenoxy) is 2. The third-order valence-electron chi connectivity index (χ3n) is 3.04. The maximum Gasteiger partial charge on any atom is 0.212 e. The molecule has 0 saturated heterocycles. The molecule has 1 N–H and O–H groups in total. The fourth-order valence-electron chi connectivity index (χ4n) is 1.93. The number of methoxy groups -OCH3 is 2. The maximum absolute atomic E-state index is 9.27. The number of nitriles is 1. The van der Waals surface area contributed by atoms with E-state index in [9.17, 15) is 5.26 Å². The minimum atomic E-state index is 0.567. The Kier molecular flexibility index (Phi) is 5.13. The minimum Gasteiger partial charge on any atom is -0.481 e. The number of aromatic nitrogens is 1. The number of nitrogens with zero attached hydrogens (tertiary/aromatic N) is 2. The van der Waals surface area contributed by atoms with Crippen molar-refractivity contribution < 1.29 is 9.47 Å². The summed E-state index contributed by atoms with van der Waals surface area (Å²) in [7, 11) is 3.23. The van der Waals surface area contributed by atoms with Gasteiger partial charge in [0.25, 0.3) is 0 Å². The van der Waals surface area contributed by atoms with E-state index in [4.69, 9.17) is 9.47 Å². The monoisotopic (exact) mass is 283 g/mol. The second-order valence-electron chi connectivity index (χ2n) is 4.38. The predicted molar refractivity (Wildman–Crippen MR) is 81.3 cm³/mol. The van der Waals surface area contributed by atoms with E-state index < -0.39 is 0 Å². The van der Waals surface area contributed by atoms with Gasteiger partial charge >= 0.3 is 0 Å². The topological polar surface area (TPSA) is 67.2 Å². The Morgan fingerprint density at radius 3 is 2.62 bits per heavy atom. The predicted octanol–water partition coefficient (Wildman–Crippen LogP) is 2.69. The van der Waals surface area contributed by atoms with Crippen molar-refractivity contribution in [2.45, 2.75) is 0 Å². The molecule has 1 aromatic carbocycles. The molecule has 0 spiro atoms. The summed E-state index contributed by atoms with van der Waals surface area (Å²) >= 11 is 0. The molecular weight excluding hydrogens is 266 g/mol. The number of hydrogen-bond acceptors (Lipinski definition) is 5. The van der Waals surface area contributed by atoms with Crippen molar-refractivity contribution in [2.75, 3.05) is 32.7 Å². The molecule has 5 heteroatoms. The van der Waals surface area contributed by atoms with Gasteiger partial charge in [-0.25, -0.2) is 4.98 Å². The molecule has 0 radical (unpaired) electrons. The summed E-state index contributed by atoms with van der Waals surface area (Å²) in [5.41, 5.74) is 3.29. The van der Waals surface area contributed by atoms with Crippen LogP contribution >= 0.6 is 0 Å². The van der Waals surface area contributed by atoms with Crippen molar-refractivity contribution in [2.24, 2.45) is 0 Å². The molecule has 2 aromatic rings. The van der Waals surface area contributed by atoms with Crippen LogP contribution in [0.25, 0.3) is 11.1 Å². The minimum absolute atomic E-state index is 0.567. The van der Waals surface area contributed by atoms with Gasteiger partial charge in [-0.3, -0.25) is 0 Å². The summed E-state index contributed by atoms with van der Waals surface area (Å²) in [5, 5.41) is 12.5. The van der Waals surface area contributed by atoms with Crippen LogP contribution in [0.5, 0.6) is 5.88 Å². The molecule has 0 unspecified atom stereocenters. The van der Waals surface area contributed by atoms with Crippen molar-refractivity contribution in [1.82, 2.24) is 4.98 Å². The Labute approximate surface area is 124 Å². The molecule has 2 rings (SSSR count). The van der Waals surface area contributed by atoms with Crippen LogP contribution in [-0.2, 0) is 4.74 Å². The third kappa shape index (κ3) is 3.71. The van der Waals surface area contributed by atoms with Gasteiger partial charge in [-0.1, -0.05) is 6.07 Å². The van der Waals surface area contributed by atoms with E-state index in [2.05, 4.69) is 16.4 Å². The van der Waals surface area contributed by atoms with Crippen molar-refractivity contribution >= 4 is 5.69 Å². The summed E-state index contributed by atoms with van der Waals surface area (Å²) in [6, 6.07) is 11.6. The fraction of sp³-hybridized carbons (Fsp3) is 0.250. The zero-order chi connectivity index (χ0) is 15.1. The van der Waals surface area contributed by atoms with Crippen molar-refractivity contribution in [3.8, 4) is 23.1 Å². The van der Waals surface area contributed by atoms with Crippen molar-refractivity contribution in [3.05, 3.63) is 42.1 Å². The normalized spacial score (nSPS) is 9.95. The fourth-order valence-corrected chi connectivity index (χ4v) is 1.93. The molecule has 108 valence electrons. The molecule has 0 amide bonds. The quantitative estimate of drug-likeness (QED) is 0.826. The summed E-state index contributed by atoms with van der Waals surface area (Å²) in [5.74, 6) is 0.567. The molecule has 0 atom stereocenters. The first kappa shape index (κ1) is 14.8. The Morgan fingerprint density at radius 2 is 2.00 bits per heavy atom. The first-order chi connectivity index (χ1) is 10.3. The number of benzene rings is 1. The van der Waals surface area contributed by atoms with E-state index in [0.717, 1.165) is 16.8 Å². The summed E-state index contributed by atoms with van der Waals surface area (Å²) in [4.78, 5) is 4.17. The highest BCUT2D eigenvalue weighted by atomic mass is 16.5. The van der Waals surface area contributed by atoms with Gasteiger partial charge in [0.05, 0.1) is 25.0 Å². The van der Waals surface area contributed by atoms with Gasteiger partial charge in [0.15, 0.2) is 0 Å². The van der Waals surface area contributed by atoms with E-state index in [0.29, 0.717) is 24.6 Å². The molecule has 1 heterocycles. The van der Waals surface area contributed by atoms with Crippen LogP contribution < -0.4 is 10.1 Å². The Bertz CT molecular complexity index is 633. The van der Waals surface area contributed by atoms with Crippen LogP contribution in [0.15, 0.2) is 36.5 Å². The first-order valence-corrected chi connectivity index (χ1v) is 6.56. The van der Waals surface area contributed by atoms with E-state index in [-0.39, 0.29) is 0 Å². The molecule has 0 bridgehead atoms. The Hall–Kier alpha value is -2.58. The number of anilines is 1. The number of hydrogen-bond donors (Lipinski definition) is 1. The van der Waals surface area contributed by atoms with E-state index >= 15 is 0 Å². The van der Waals surface area contributed by atoms with Crippen LogP contribution in [0.2, 0.25) is 0 Å². The van der Waals surface area contributed by atoms with Crippen molar-refractivity contribution in [3.63, 3.8) is 0 Å². The van der Waals surface area contributed by atoms with Gasteiger partial charge in [-0.05, 0) is 23.8 Å². The second kappa shape index (κ2) is 7.27. The lowest BCUT2D eigenvalue weighted by Crippen LogP contribution is -2.08. The second-order valence-corrected chi connectivity index (χ2v) is 4.38. The van der Waals surface area contributed by atoms with Crippen LogP contribution in [-0.4, -0.2) is 32.4 Å². The third-order valence-corrected chi connectivity index (χ3v) is 3.04. The van der Waals surface area contributed by atoms with Crippen molar-refractivity contribution in [1.29, 1.82) is 5.26 Å². The van der Waals surface area contributed by atoms with Gasteiger partial charge in [0.1, 0.15) is 6.07 Å². The van der Waals surface area contributed by atoms with Crippen LogP contribution in [0.1, 0.15) is 5.56 Å². The van der Waals surface area contributed by atoms with Gasteiger partial charge in [0, 0.05) is 31.5 Å². The highest BCUT2D eigenvalue weighted by molar-refractivity contribution is 5.70. The summed E-state index contributed by atoms with van der Waals surface area (Å²) < 4.78 is 10.0. The van der Waals surface area contributed by atoms with Gasteiger partial charge in [-0.2, -0.15) is 5.26 Å². The van der Waals surface area contributed by atoms with Crippen LogP contribution in [0.4, 0.5) is 5.69 Å². The highest BCUT2D eigenvalue weighted by Crippen LogP contribution is 2.25. The molecule has 21 heavy (non-hydrogen) atoms. The van der Waals surface area contributed by atoms with Crippen LogP contribution in [0, 0.1) is 11.3 Å². The zero-order valence-corrected chi connectivity index (χ0v) is 12.1. The molecule has 0 fully saturated rings. The maximum atomic E-state index is 9.27. The molecule has 0 aliphatic heterocycles. The SMILES string of the molecule is COCCNc1ccc(-c2ccc(OC)nc2)cc1C#N. The molecule has 0 aliphatic rings. The smallest absolute Gasteiger partial charge is 0.212 e. The van der Waals surface area contributed by atoms with E-state index in [1.54, 1.807) is 26.5 Å². The molecule has 5 nitrogen and oxygen atoms in total. The lowest BCUT2D eigenvalue weighted by molar-refractivity contribution is 0.211.